The molecular weight excluding hydrogens is 356 g/mol. The summed E-state index contributed by atoms with van der Waals surface area (Å²) in [5.41, 5.74) is 1.10. The van der Waals surface area contributed by atoms with Crippen molar-refractivity contribution in [3.05, 3.63) is 78.8 Å². The maximum absolute atomic E-state index is 12.4. The summed E-state index contributed by atoms with van der Waals surface area (Å²) in [6.45, 7) is 11.9. The predicted molar refractivity (Wildman–Crippen MR) is 108 cm³/mol. The van der Waals surface area contributed by atoms with Gasteiger partial charge in [0.2, 0.25) is 5.91 Å². The second-order valence-corrected chi connectivity index (χ2v) is 6.39. The van der Waals surface area contributed by atoms with Gasteiger partial charge in [-0.05, 0) is 43.7 Å². The summed E-state index contributed by atoms with van der Waals surface area (Å²) in [6.07, 6.45) is 3.26. The molecule has 0 bridgehead atoms. The topological polar surface area (TPSA) is 71.8 Å². The Morgan fingerprint density at radius 2 is 1.93 bits per heavy atom. The quantitative estimate of drug-likeness (QED) is 0.639. The minimum atomic E-state index is -0.704. The number of nitrogens with one attached hydrogen (secondary N) is 1. The summed E-state index contributed by atoms with van der Waals surface area (Å²) >= 11 is 0. The van der Waals surface area contributed by atoms with E-state index in [0.29, 0.717) is 18.8 Å². The second-order valence-electron chi connectivity index (χ2n) is 6.39. The second kappa shape index (κ2) is 10.2. The van der Waals surface area contributed by atoms with Crippen LogP contribution in [0.1, 0.15) is 28.8 Å². The van der Waals surface area contributed by atoms with Gasteiger partial charge in [-0.15, -0.1) is 13.2 Å². The van der Waals surface area contributed by atoms with Crippen LogP contribution in [0.4, 0.5) is 0 Å². The van der Waals surface area contributed by atoms with Gasteiger partial charge in [-0.25, -0.2) is 0 Å². The number of ether oxygens (including phenoxy) is 1. The van der Waals surface area contributed by atoms with Gasteiger partial charge < -0.3 is 19.4 Å². The average Bonchev–Trinajstić information content (AvgIpc) is 3.15. The highest BCUT2D eigenvalue weighted by molar-refractivity contribution is 5.95. The number of nitrogens with zero attached hydrogens (tertiary/aromatic N) is 1. The highest BCUT2D eigenvalue weighted by Crippen LogP contribution is 2.16. The number of hydrogen-bond donors (Lipinski definition) is 1. The number of furan rings is 1. The van der Waals surface area contributed by atoms with Crippen LogP contribution in [0.3, 0.4) is 0 Å². The summed E-state index contributed by atoms with van der Waals surface area (Å²) in [6, 6.07) is 10.2. The van der Waals surface area contributed by atoms with Gasteiger partial charge >= 0.3 is 0 Å². The largest absolute Gasteiger partial charge is 0.486 e. The molecule has 1 atom stereocenters. The molecule has 2 aromatic rings. The first-order valence-electron chi connectivity index (χ1n) is 9.04. The lowest BCUT2D eigenvalue weighted by Gasteiger charge is -2.23. The average molecular weight is 382 g/mol. The molecule has 1 N–H and O–H groups in total. The maximum atomic E-state index is 12.4. The van der Waals surface area contributed by atoms with Crippen molar-refractivity contribution < 1.29 is 18.7 Å². The number of carbonyl (C=O) groups excluding carboxylic acids is 2. The van der Waals surface area contributed by atoms with Gasteiger partial charge in [0.15, 0.2) is 5.76 Å². The first kappa shape index (κ1) is 21.0. The number of hydrogen-bond acceptors (Lipinski definition) is 4. The molecule has 1 heterocycles. The van der Waals surface area contributed by atoms with E-state index >= 15 is 0 Å². The Labute approximate surface area is 165 Å². The molecule has 0 saturated heterocycles. The molecule has 0 saturated carbocycles. The van der Waals surface area contributed by atoms with Crippen molar-refractivity contribution in [2.75, 3.05) is 13.1 Å². The molecule has 148 valence electrons. The van der Waals surface area contributed by atoms with Crippen molar-refractivity contribution in [1.82, 2.24) is 10.2 Å². The Hall–Kier alpha value is -3.28. The summed E-state index contributed by atoms with van der Waals surface area (Å²) in [5.74, 6) is 0.695. The van der Waals surface area contributed by atoms with Gasteiger partial charge in [-0.1, -0.05) is 24.3 Å². The van der Waals surface area contributed by atoms with Crippen molar-refractivity contribution in [2.24, 2.45) is 0 Å². The Bertz CT molecular complexity index is 831. The zero-order valence-corrected chi connectivity index (χ0v) is 16.3. The van der Waals surface area contributed by atoms with E-state index in [1.807, 2.05) is 31.2 Å². The fourth-order valence-electron chi connectivity index (χ4n) is 2.61. The molecule has 28 heavy (non-hydrogen) atoms. The lowest BCUT2D eigenvalue weighted by Crippen LogP contribution is -2.47. The lowest BCUT2D eigenvalue weighted by molar-refractivity contribution is -0.131. The van der Waals surface area contributed by atoms with Gasteiger partial charge in [-0.2, -0.15) is 0 Å². The number of benzene rings is 1. The third kappa shape index (κ3) is 5.87. The van der Waals surface area contributed by atoms with Gasteiger partial charge in [0.1, 0.15) is 24.2 Å². The molecule has 2 amide bonds. The summed E-state index contributed by atoms with van der Waals surface area (Å²) in [7, 11) is 0. The molecule has 0 aliphatic heterocycles. The molecular formula is C22H26N2O4. The molecule has 1 aromatic carbocycles. The number of amides is 2. The van der Waals surface area contributed by atoms with E-state index in [1.165, 1.54) is 0 Å². The third-order valence-electron chi connectivity index (χ3n) is 3.98. The first-order chi connectivity index (χ1) is 13.4. The van der Waals surface area contributed by atoms with Crippen molar-refractivity contribution in [2.45, 2.75) is 26.5 Å². The van der Waals surface area contributed by atoms with Gasteiger partial charge in [0, 0.05) is 13.1 Å². The van der Waals surface area contributed by atoms with Crippen LogP contribution in [0, 0.1) is 6.92 Å². The molecule has 0 fully saturated rings. The monoisotopic (exact) mass is 382 g/mol. The molecule has 0 spiro atoms. The minimum Gasteiger partial charge on any atom is -0.486 e. The normalized spacial score (nSPS) is 11.4. The Balaban J connectivity index is 1.92. The van der Waals surface area contributed by atoms with Crippen molar-refractivity contribution in [1.29, 1.82) is 0 Å². The number of rotatable bonds is 10. The highest BCUT2D eigenvalue weighted by atomic mass is 16.5. The van der Waals surface area contributed by atoms with E-state index in [-0.39, 0.29) is 18.3 Å². The fourth-order valence-corrected chi connectivity index (χ4v) is 2.61. The standard InChI is InChI=1S/C22H26N2O4/c1-5-12-24(13-6-2)22(26)17(4)23-21(25)20-11-10-19(28-20)15-27-18-9-7-8-16(3)14-18/h5-11,14,17H,1-2,12-13,15H2,3-4H3,(H,23,25). The molecule has 1 aromatic heterocycles. The van der Waals surface area contributed by atoms with E-state index in [1.54, 1.807) is 36.1 Å². The molecule has 0 aliphatic rings. The number of aryl methyl sites for hydroxylation is 1. The zero-order valence-electron chi connectivity index (χ0n) is 16.3. The molecule has 0 radical (unpaired) electrons. The van der Waals surface area contributed by atoms with Crippen molar-refractivity contribution in [3.63, 3.8) is 0 Å². The van der Waals surface area contributed by atoms with Gasteiger partial charge in [0.05, 0.1) is 0 Å². The van der Waals surface area contributed by atoms with E-state index in [2.05, 4.69) is 18.5 Å². The van der Waals surface area contributed by atoms with E-state index < -0.39 is 11.9 Å². The Morgan fingerprint density at radius 1 is 1.21 bits per heavy atom. The maximum Gasteiger partial charge on any atom is 0.287 e. The van der Waals surface area contributed by atoms with Crippen LogP contribution in [0.5, 0.6) is 5.75 Å². The van der Waals surface area contributed by atoms with Crippen LogP contribution in [0.15, 0.2) is 66.1 Å². The predicted octanol–water partition coefficient (Wildman–Crippen LogP) is 3.49. The van der Waals surface area contributed by atoms with E-state index in [4.69, 9.17) is 9.15 Å². The van der Waals surface area contributed by atoms with Crippen LogP contribution in [-0.2, 0) is 11.4 Å². The lowest BCUT2D eigenvalue weighted by atomic mass is 10.2. The van der Waals surface area contributed by atoms with Crippen LogP contribution in [0.25, 0.3) is 0 Å². The third-order valence-corrected chi connectivity index (χ3v) is 3.98. The SMILES string of the molecule is C=CCN(CC=C)C(=O)C(C)NC(=O)c1ccc(COc2cccc(C)c2)o1. The summed E-state index contributed by atoms with van der Waals surface area (Å²) in [4.78, 5) is 26.4. The van der Waals surface area contributed by atoms with E-state index in [0.717, 1.165) is 11.3 Å². The molecule has 1 unspecified atom stereocenters. The smallest absolute Gasteiger partial charge is 0.287 e. The van der Waals surface area contributed by atoms with Crippen LogP contribution >= 0.6 is 0 Å². The molecule has 0 aliphatic carbocycles. The summed E-state index contributed by atoms with van der Waals surface area (Å²) < 4.78 is 11.2. The molecule has 2 rings (SSSR count). The molecule has 6 heteroatoms. The minimum absolute atomic E-state index is 0.126. The Kier molecular flexibility index (Phi) is 7.63. The molecule has 6 nitrogen and oxygen atoms in total. The summed E-state index contributed by atoms with van der Waals surface area (Å²) in [5, 5.41) is 2.65. The van der Waals surface area contributed by atoms with Gasteiger partial charge in [-0.3, -0.25) is 9.59 Å². The van der Waals surface area contributed by atoms with Crippen LogP contribution < -0.4 is 10.1 Å². The zero-order chi connectivity index (χ0) is 20.5. The number of carbonyl (C=O) groups is 2. The van der Waals surface area contributed by atoms with Crippen LogP contribution in [-0.4, -0.2) is 35.8 Å². The van der Waals surface area contributed by atoms with Crippen LogP contribution in [0.2, 0.25) is 0 Å². The Morgan fingerprint density at radius 3 is 2.57 bits per heavy atom. The highest BCUT2D eigenvalue weighted by Gasteiger charge is 2.22. The van der Waals surface area contributed by atoms with Crippen molar-refractivity contribution in [3.8, 4) is 5.75 Å². The van der Waals surface area contributed by atoms with E-state index in [9.17, 15) is 9.59 Å². The fraction of sp³-hybridized carbons (Fsp3) is 0.273. The van der Waals surface area contributed by atoms with Gasteiger partial charge in [0.25, 0.3) is 5.91 Å². The first-order valence-corrected chi connectivity index (χ1v) is 9.04. The van der Waals surface area contributed by atoms with Crippen molar-refractivity contribution >= 4 is 11.8 Å².